The highest BCUT2D eigenvalue weighted by Crippen LogP contribution is 2.29. The lowest BCUT2D eigenvalue weighted by Crippen LogP contribution is -2.32. The summed E-state index contributed by atoms with van der Waals surface area (Å²) in [7, 11) is -1.72. The fraction of sp³-hybridized carbons (Fsp3) is 0.182. The standard InChI is InChI=1S/C15H16BrNO2S.C7H7ClO2S/c1-12(13-8-10-14(16)11-9-13)17(20(2,18)19)15-6-4-3-5-7-15;8-11(9,10)6-7-4-2-1-3-5-7/h3-12H,1-2H3;1-5H,6H2/t12-;/m1./s1. The Labute approximate surface area is 197 Å². The Morgan fingerprint density at radius 2 is 1.32 bits per heavy atom. The summed E-state index contributed by atoms with van der Waals surface area (Å²) in [5, 5.41) is 0. The van der Waals surface area contributed by atoms with Crippen molar-refractivity contribution in [2.24, 2.45) is 0 Å². The van der Waals surface area contributed by atoms with E-state index in [1.807, 2.05) is 55.5 Å². The van der Waals surface area contributed by atoms with E-state index in [4.69, 9.17) is 10.7 Å². The van der Waals surface area contributed by atoms with E-state index in [0.29, 0.717) is 11.3 Å². The maximum absolute atomic E-state index is 12.1. The number of hydrogen-bond acceptors (Lipinski definition) is 4. The largest absolute Gasteiger partial charge is 0.263 e. The van der Waals surface area contributed by atoms with Gasteiger partial charge >= 0.3 is 0 Å². The molecular formula is C22H23BrClNO4S2. The van der Waals surface area contributed by atoms with Crippen molar-refractivity contribution in [3.8, 4) is 0 Å². The lowest BCUT2D eigenvalue weighted by Gasteiger charge is -2.29. The SMILES string of the molecule is C[C@H](c1ccc(Br)cc1)N(c1ccccc1)S(C)(=O)=O.O=S(=O)(Cl)Cc1ccccc1. The zero-order chi connectivity index (χ0) is 23.1. The first kappa shape index (κ1) is 25.4. The number of anilines is 1. The van der Waals surface area contributed by atoms with Gasteiger partial charge < -0.3 is 0 Å². The van der Waals surface area contributed by atoms with Crippen LogP contribution in [-0.2, 0) is 24.8 Å². The Bertz CT molecular complexity index is 1170. The van der Waals surface area contributed by atoms with Crippen LogP contribution in [0.4, 0.5) is 5.69 Å². The van der Waals surface area contributed by atoms with Crippen LogP contribution in [0.15, 0.2) is 89.4 Å². The van der Waals surface area contributed by atoms with Gasteiger partial charge in [-0.25, -0.2) is 16.8 Å². The summed E-state index contributed by atoms with van der Waals surface area (Å²) >= 11 is 3.38. The fourth-order valence-corrected chi connectivity index (χ4v) is 5.36. The minimum Gasteiger partial charge on any atom is -0.263 e. The maximum atomic E-state index is 12.1. The second-order valence-corrected chi connectivity index (χ2v) is 12.3. The van der Waals surface area contributed by atoms with Crippen molar-refractivity contribution in [2.45, 2.75) is 18.7 Å². The molecule has 0 saturated carbocycles. The van der Waals surface area contributed by atoms with Gasteiger partial charge in [-0.2, -0.15) is 0 Å². The Morgan fingerprint density at radius 3 is 1.77 bits per heavy atom. The van der Waals surface area contributed by atoms with E-state index in [1.165, 1.54) is 10.6 Å². The fourth-order valence-electron chi connectivity index (χ4n) is 2.93. The molecule has 0 aromatic heterocycles. The molecule has 0 fully saturated rings. The highest BCUT2D eigenvalue weighted by atomic mass is 79.9. The summed E-state index contributed by atoms with van der Waals surface area (Å²) in [4.78, 5) is 0. The summed E-state index contributed by atoms with van der Waals surface area (Å²) in [6.45, 7) is 1.89. The van der Waals surface area contributed by atoms with Gasteiger partial charge in [-0.05, 0) is 42.3 Å². The van der Waals surface area contributed by atoms with E-state index in [2.05, 4.69) is 15.9 Å². The maximum Gasteiger partial charge on any atom is 0.236 e. The van der Waals surface area contributed by atoms with Crippen molar-refractivity contribution in [3.63, 3.8) is 0 Å². The summed E-state index contributed by atoms with van der Waals surface area (Å²) < 4.78 is 47.8. The summed E-state index contributed by atoms with van der Waals surface area (Å²) in [6, 6.07) is 25.4. The van der Waals surface area contributed by atoms with E-state index in [0.717, 1.165) is 10.0 Å². The van der Waals surface area contributed by atoms with E-state index >= 15 is 0 Å². The third-order valence-electron chi connectivity index (χ3n) is 4.25. The van der Waals surface area contributed by atoms with Crippen LogP contribution >= 0.6 is 26.6 Å². The molecule has 0 aliphatic rings. The number of benzene rings is 3. The van der Waals surface area contributed by atoms with Crippen molar-refractivity contribution in [3.05, 3.63) is 101 Å². The molecule has 0 spiro atoms. The third-order valence-corrected chi connectivity index (χ3v) is 7.03. The first-order valence-corrected chi connectivity index (χ1v) is 14.4. The highest BCUT2D eigenvalue weighted by molar-refractivity contribution is 9.10. The van der Waals surface area contributed by atoms with Crippen molar-refractivity contribution in [2.75, 3.05) is 10.6 Å². The number of para-hydroxylation sites is 1. The number of hydrogen-bond donors (Lipinski definition) is 0. The van der Waals surface area contributed by atoms with Gasteiger partial charge in [0, 0.05) is 15.2 Å². The number of sulfonamides is 1. The van der Waals surface area contributed by atoms with Crippen LogP contribution < -0.4 is 4.31 Å². The minimum atomic E-state index is -3.40. The summed E-state index contributed by atoms with van der Waals surface area (Å²) in [5.41, 5.74) is 2.33. The van der Waals surface area contributed by atoms with E-state index in [-0.39, 0.29) is 11.8 Å². The number of nitrogens with zero attached hydrogens (tertiary/aromatic N) is 1. The highest BCUT2D eigenvalue weighted by Gasteiger charge is 2.24. The third kappa shape index (κ3) is 8.65. The lowest BCUT2D eigenvalue weighted by molar-refractivity contribution is 0.588. The van der Waals surface area contributed by atoms with Crippen molar-refractivity contribution in [1.82, 2.24) is 0 Å². The van der Waals surface area contributed by atoms with Crippen molar-refractivity contribution < 1.29 is 16.8 Å². The second kappa shape index (κ2) is 11.1. The minimum absolute atomic E-state index is 0.102. The van der Waals surface area contributed by atoms with Crippen molar-refractivity contribution >= 4 is 51.4 Å². The van der Waals surface area contributed by atoms with Crippen LogP contribution in [0.2, 0.25) is 0 Å². The van der Waals surface area contributed by atoms with Gasteiger partial charge in [-0.3, -0.25) is 4.31 Å². The molecule has 0 heterocycles. The molecule has 3 aromatic carbocycles. The van der Waals surface area contributed by atoms with Gasteiger partial charge in [0.2, 0.25) is 19.1 Å². The molecule has 0 aliphatic carbocycles. The predicted octanol–water partition coefficient (Wildman–Crippen LogP) is 5.73. The Balaban J connectivity index is 0.000000262. The van der Waals surface area contributed by atoms with Crippen LogP contribution in [0.25, 0.3) is 0 Å². The van der Waals surface area contributed by atoms with Gasteiger partial charge in [0.15, 0.2) is 0 Å². The Morgan fingerprint density at radius 1 is 0.839 bits per heavy atom. The van der Waals surface area contributed by atoms with Gasteiger partial charge in [-0.1, -0.05) is 76.6 Å². The van der Waals surface area contributed by atoms with E-state index in [9.17, 15) is 16.8 Å². The number of halogens is 2. The zero-order valence-electron chi connectivity index (χ0n) is 17.0. The van der Waals surface area contributed by atoms with Gasteiger partial charge in [0.1, 0.15) is 0 Å². The lowest BCUT2D eigenvalue weighted by atomic mass is 10.1. The molecule has 5 nitrogen and oxygen atoms in total. The Kier molecular flexibility index (Phi) is 9.12. The summed E-state index contributed by atoms with van der Waals surface area (Å²) in [6.07, 6.45) is 1.23. The molecule has 0 N–H and O–H groups in total. The predicted molar refractivity (Wildman–Crippen MR) is 131 cm³/mol. The molecule has 3 aromatic rings. The molecule has 9 heteroatoms. The van der Waals surface area contributed by atoms with Crippen molar-refractivity contribution in [1.29, 1.82) is 0 Å². The smallest absolute Gasteiger partial charge is 0.236 e. The molecular weight excluding hydrogens is 522 g/mol. The molecule has 1 atom stereocenters. The molecule has 3 rings (SSSR count). The van der Waals surface area contributed by atoms with Crippen LogP contribution in [-0.4, -0.2) is 23.1 Å². The molecule has 166 valence electrons. The van der Waals surface area contributed by atoms with Crippen LogP contribution in [0.5, 0.6) is 0 Å². The summed E-state index contributed by atoms with van der Waals surface area (Å²) in [5.74, 6) is -0.102. The second-order valence-electron chi connectivity index (χ2n) is 6.79. The molecule has 0 unspecified atom stereocenters. The zero-order valence-corrected chi connectivity index (χ0v) is 21.0. The average Bonchev–Trinajstić information content (AvgIpc) is 2.68. The van der Waals surface area contributed by atoms with Gasteiger partial charge in [0.05, 0.1) is 23.7 Å². The van der Waals surface area contributed by atoms with Gasteiger partial charge in [-0.15, -0.1) is 0 Å². The molecule has 0 saturated heterocycles. The topological polar surface area (TPSA) is 71.5 Å². The molecule has 31 heavy (non-hydrogen) atoms. The monoisotopic (exact) mass is 543 g/mol. The van der Waals surface area contributed by atoms with Gasteiger partial charge in [0.25, 0.3) is 0 Å². The Hall–Kier alpha value is -1.87. The van der Waals surface area contributed by atoms with Crippen LogP contribution in [0.3, 0.4) is 0 Å². The quantitative estimate of drug-likeness (QED) is 0.372. The normalized spacial score (nSPS) is 12.4. The first-order valence-electron chi connectivity index (χ1n) is 9.23. The average molecular weight is 545 g/mol. The van der Waals surface area contributed by atoms with Crippen LogP contribution in [0.1, 0.15) is 24.1 Å². The van der Waals surface area contributed by atoms with Crippen LogP contribution in [0, 0.1) is 0 Å². The number of rotatable bonds is 6. The first-order chi connectivity index (χ1) is 14.5. The molecule has 0 aliphatic heterocycles. The van der Waals surface area contributed by atoms with E-state index in [1.54, 1.807) is 36.4 Å². The molecule has 0 radical (unpaired) electrons. The molecule has 0 amide bonds. The van der Waals surface area contributed by atoms with E-state index < -0.39 is 19.1 Å². The molecule has 0 bridgehead atoms.